The average molecular weight is 554 g/mol. The van der Waals surface area contributed by atoms with Crippen LogP contribution in [0.15, 0.2) is 35.4 Å². The zero-order valence-corrected chi connectivity index (χ0v) is 22.8. The van der Waals surface area contributed by atoms with Crippen LogP contribution in [0.1, 0.15) is 41.5 Å². The van der Waals surface area contributed by atoms with Gasteiger partial charge in [0, 0.05) is 7.05 Å². The number of aryl methyl sites for hydroxylation is 1. The van der Waals surface area contributed by atoms with E-state index in [-0.39, 0.29) is 21.8 Å². The van der Waals surface area contributed by atoms with Crippen molar-refractivity contribution in [2.75, 3.05) is 4.90 Å². The van der Waals surface area contributed by atoms with E-state index < -0.39 is 45.5 Å². The standard InChI is InChI=1S/C25H26Cl2FN3O6/c1-24(2,3)36-22(33)31(23(34)37-25(4,5)6)15-10-8-13(28)20(18(15)26)35-16-11-9-14-17(19(16)27)21(32)30(7)12-29-14/h8-12H,1-7H3. The molecule has 0 spiro atoms. The van der Waals surface area contributed by atoms with Crippen LogP contribution in [0.4, 0.5) is 19.7 Å². The molecule has 0 aliphatic carbocycles. The number of ether oxygens (including phenoxy) is 3. The Morgan fingerprint density at radius 3 is 2.05 bits per heavy atom. The van der Waals surface area contributed by atoms with E-state index in [1.807, 2.05) is 0 Å². The first-order valence-corrected chi connectivity index (χ1v) is 11.8. The van der Waals surface area contributed by atoms with Crippen LogP contribution < -0.4 is 15.2 Å². The third-order valence-corrected chi connectivity index (χ3v) is 5.36. The minimum Gasteiger partial charge on any atom is -0.451 e. The van der Waals surface area contributed by atoms with Crippen LogP contribution in [0.25, 0.3) is 10.9 Å². The number of carbonyl (C=O) groups excluding carboxylic acids is 2. The summed E-state index contributed by atoms with van der Waals surface area (Å²) in [5.74, 6) is -1.56. The molecular formula is C25H26Cl2FN3O6. The third-order valence-electron chi connectivity index (χ3n) is 4.62. The smallest absolute Gasteiger partial charge is 0.424 e. The number of carbonyl (C=O) groups is 2. The fraction of sp³-hybridized carbons (Fsp3) is 0.360. The van der Waals surface area contributed by atoms with Gasteiger partial charge < -0.3 is 18.8 Å². The fourth-order valence-corrected chi connectivity index (χ4v) is 3.65. The van der Waals surface area contributed by atoms with E-state index in [1.165, 1.54) is 30.1 Å². The molecule has 0 aliphatic heterocycles. The Kier molecular flexibility index (Phi) is 7.76. The number of hydrogen-bond donors (Lipinski definition) is 0. The molecule has 3 aromatic rings. The van der Waals surface area contributed by atoms with Crippen LogP contribution in [-0.4, -0.2) is 32.9 Å². The number of nitrogens with zero attached hydrogens (tertiary/aromatic N) is 3. The van der Waals surface area contributed by atoms with Gasteiger partial charge in [0.15, 0.2) is 11.6 Å². The van der Waals surface area contributed by atoms with E-state index in [0.717, 1.165) is 12.1 Å². The first-order chi connectivity index (χ1) is 17.0. The molecule has 3 rings (SSSR count). The molecule has 0 N–H and O–H groups in total. The number of aromatic nitrogens is 2. The molecule has 2 amide bonds. The van der Waals surface area contributed by atoms with Gasteiger partial charge in [0.05, 0.1) is 27.9 Å². The Morgan fingerprint density at radius 1 is 0.946 bits per heavy atom. The zero-order chi connectivity index (χ0) is 27.9. The van der Waals surface area contributed by atoms with Gasteiger partial charge in [0.1, 0.15) is 22.0 Å². The van der Waals surface area contributed by atoms with Gasteiger partial charge in [-0.3, -0.25) is 4.79 Å². The van der Waals surface area contributed by atoms with E-state index in [0.29, 0.717) is 10.4 Å². The van der Waals surface area contributed by atoms with Gasteiger partial charge in [-0.15, -0.1) is 0 Å². The number of halogens is 3. The van der Waals surface area contributed by atoms with Crippen LogP contribution in [0.2, 0.25) is 10.0 Å². The molecule has 198 valence electrons. The second kappa shape index (κ2) is 10.2. The van der Waals surface area contributed by atoms with Crippen molar-refractivity contribution in [3.8, 4) is 11.5 Å². The molecule has 0 fully saturated rings. The molecule has 1 heterocycles. The number of anilines is 1. The minimum atomic E-state index is -1.10. The number of fused-ring (bicyclic) bond motifs is 1. The van der Waals surface area contributed by atoms with Crippen molar-refractivity contribution in [3.05, 3.63) is 56.8 Å². The van der Waals surface area contributed by atoms with Crippen molar-refractivity contribution in [1.82, 2.24) is 9.55 Å². The van der Waals surface area contributed by atoms with E-state index in [9.17, 15) is 18.8 Å². The first-order valence-electron chi connectivity index (χ1n) is 11.1. The predicted octanol–water partition coefficient (Wildman–Crippen LogP) is 6.85. The normalized spacial score (nSPS) is 11.8. The topological polar surface area (TPSA) is 100.0 Å². The van der Waals surface area contributed by atoms with Crippen LogP contribution >= 0.6 is 23.2 Å². The van der Waals surface area contributed by atoms with Crippen LogP contribution in [0, 0.1) is 5.82 Å². The quantitative estimate of drug-likeness (QED) is 0.349. The van der Waals surface area contributed by atoms with Gasteiger partial charge in [0.25, 0.3) is 5.56 Å². The van der Waals surface area contributed by atoms with E-state index in [4.69, 9.17) is 37.4 Å². The number of amides is 2. The lowest BCUT2D eigenvalue weighted by molar-refractivity contribution is 0.0430. The highest BCUT2D eigenvalue weighted by molar-refractivity contribution is 6.37. The highest BCUT2D eigenvalue weighted by atomic mass is 35.5. The molecule has 37 heavy (non-hydrogen) atoms. The maximum absolute atomic E-state index is 14.9. The Labute approximate surface area is 222 Å². The van der Waals surface area contributed by atoms with Crippen molar-refractivity contribution < 1.29 is 28.2 Å². The monoisotopic (exact) mass is 553 g/mol. The van der Waals surface area contributed by atoms with Crippen molar-refractivity contribution >= 4 is 52.0 Å². The van der Waals surface area contributed by atoms with Crippen molar-refractivity contribution in [3.63, 3.8) is 0 Å². The van der Waals surface area contributed by atoms with Crippen molar-refractivity contribution in [1.29, 1.82) is 0 Å². The molecule has 2 aromatic carbocycles. The summed E-state index contributed by atoms with van der Waals surface area (Å²) >= 11 is 12.9. The maximum atomic E-state index is 14.9. The molecule has 0 unspecified atom stereocenters. The predicted molar refractivity (Wildman–Crippen MR) is 138 cm³/mol. The van der Waals surface area contributed by atoms with E-state index >= 15 is 0 Å². The van der Waals surface area contributed by atoms with Gasteiger partial charge in [-0.2, -0.15) is 4.90 Å². The maximum Gasteiger partial charge on any atom is 0.424 e. The molecular weight excluding hydrogens is 528 g/mol. The van der Waals surface area contributed by atoms with E-state index in [2.05, 4.69) is 4.98 Å². The summed E-state index contributed by atoms with van der Waals surface area (Å²) in [7, 11) is 1.50. The molecule has 0 bridgehead atoms. The Balaban J connectivity index is 2.13. The molecule has 1 aromatic heterocycles. The molecule has 0 atom stereocenters. The number of benzene rings is 2. The fourth-order valence-electron chi connectivity index (χ4n) is 3.10. The Morgan fingerprint density at radius 2 is 1.51 bits per heavy atom. The van der Waals surface area contributed by atoms with E-state index in [1.54, 1.807) is 41.5 Å². The summed E-state index contributed by atoms with van der Waals surface area (Å²) in [5, 5.41) is -0.504. The second-order valence-corrected chi connectivity index (χ2v) is 10.8. The summed E-state index contributed by atoms with van der Waals surface area (Å²) < 4.78 is 32.5. The summed E-state index contributed by atoms with van der Waals surface area (Å²) in [6, 6.07) is 4.92. The molecule has 0 saturated heterocycles. The number of rotatable bonds is 3. The minimum absolute atomic E-state index is 0.0565. The lowest BCUT2D eigenvalue weighted by Gasteiger charge is -2.29. The molecule has 9 nitrogen and oxygen atoms in total. The van der Waals surface area contributed by atoms with Crippen LogP contribution in [0.3, 0.4) is 0 Å². The SMILES string of the molecule is Cn1cnc2ccc(Oc3c(F)ccc(N(C(=O)OC(C)(C)C)C(=O)OC(C)(C)C)c3Cl)c(Cl)c2c1=O. The first kappa shape index (κ1) is 28.2. The third kappa shape index (κ3) is 6.31. The summed E-state index contributed by atoms with van der Waals surface area (Å²) in [6.45, 7) is 9.67. The lowest BCUT2D eigenvalue weighted by Crippen LogP contribution is -2.44. The summed E-state index contributed by atoms with van der Waals surface area (Å²) in [4.78, 5) is 43.3. The average Bonchev–Trinajstić information content (AvgIpc) is 2.74. The Hall–Kier alpha value is -3.37. The summed E-state index contributed by atoms with van der Waals surface area (Å²) in [5.41, 5.74) is -2.33. The van der Waals surface area contributed by atoms with Crippen LogP contribution in [0.5, 0.6) is 11.5 Å². The highest BCUT2D eigenvalue weighted by Gasteiger charge is 2.35. The van der Waals surface area contributed by atoms with Gasteiger partial charge >= 0.3 is 12.2 Å². The van der Waals surface area contributed by atoms with Gasteiger partial charge in [0.2, 0.25) is 0 Å². The van der Waals surface area contributed by atoms with Crippen molar-refractivity contribution in [2.45, 2.75) is 52.7 Å². The second-order valence-electron chi connectivity index (χ2n) is 10.0. The van der Waals surface area contributed by atoms with Gasteiger partial charge in [-0.1, -0.05) is 23.2 Å². The van der Waals surface area contributed by atoms with Gasteiger partial charge in [-0.25, -0.2) is 19.0 Å². The summed E-state index contributed by atoms with van der Waals surface area (Å²) in [6.07, 6.45) is -0.859. The van der Waals surface area contributed by atoms with Crippen LogP contribution in [-0.2, 0) is 16.5 Å². The highest BCUT2D eigenvalue weighted by Crippen LogP contribution is 2.42. The molecule has 0 saturated carbocycles. The molecule has 12 heteroatoms. The number of hydrogen-bond acceptors (Lipinski definition) is 7. The lowest BCUT2D eigenvalue weighted by atomic mass is 10.2. The Bertz CT molecular complexity index is 1420. The van der Waals surface area contributed by atoms with Gasteiger partial charge in [-0.05, 0) is 65.8 Å². The molecule has 0 radical (unpaired) electrons. The van der Waals surface area contributed by atoms with Crippen molar-refractivity contribution in [2.24, 2.45) is 7.05 Å². The zero-order valence-electron chi connectivity index (χ0n) is 21.3. The number of imide groups is 1. The largest absolute Gasteiger partial charge is 0.451 e. The molecule has 0 aliphatic rings.